The Hall–Kier alpha value is -1.77. The molecule has 0 aliphatic rings. The maximum Gasteiger partial charge on any atom is 0.305 e. The van der Waals surface area contributed by atoms with Crippen LogP contribution in [0.2, 0.25) is 0 Å². The fraction of sp³-hybridized carbons (Fsp3) is 0.438. The first kappa shape index (κ1) is 15.3. The van der Waals surface area contributed by atoms with Gasteiger partial charge in [-0.15, -0.1) is 0 Å². The number of benzene rings is 1. The number of hydrogen-bond donors (Lipinski definition) is 1. The number of carbonyl (C=O) groups is 1. The molecule has 3 nitrogen and oxygen atoms in total. The number of aliphatic carboxylic acids is 1. The molecule has 1 N–H and O–H groups in total. The molecule has 1 rings (SSSR count). The van der Waals surface area contributed by atoms with E-state index in [0.717, 1.165) is 17.7 Å². The zero-order valence-electron chi connectivity index (χ0n) is 12.1. The lowest BCUT2D eigenvalue weighted by Gasteiger charge is -2.28. The van der Waals surface area contributed by atoms with Crippen LogP contribution in [0.3, 0.4) is 0 Å². The molecule has 0 atom stereocenters. The zero-order chi connectivity index (χ0) is 14.4. The van der Waals surface area contributed by atoms with Crippen molar-refractivity contribution in [2.45, 2.75) is 33.6 Å². The molecule has 104 valence electrons. The highest BCUT2D eigenvalue weighted by Crippen LogP contribution is 2.26. The molecular formula is C16H23NO2. The lowest BCUT2D eigenvalue weighted by Crippen LogP contribution is -2.29. The van der Waals surface area contributed by atoms with Gasteiger partial charge in [0.15, 0.2) is 0 Å². The number of rotatable bonds is 7. The first-order valence-corrected chi connectivity index (χ1v) is 6.65. The molecule has 0 spiro atoms. The third-order valence-corrected chi connectivity index (χ3v) is 3.07. The predicted octanol–water partition coefficient (Wildman–Crippen LogP) is 3.41. The minimum atomic E-state index is -0.765. The molecule has 0 bridgehead atoms. The molecule has 0 fully saturated rings. The summed E-state index contributed by atoms with van der Waals surface area (Å²) in [5, 5.41) is 8.89. The lowest BCUT2D eigenvalue weighted by molar-refractivity contribution is -0.136. The summed E-state index contributed by atoms with van der Waals surface area (Å²) in [7, 11) is 0. The summed E-state index contributed by atoms with van der Waals surface area (Å²) >= 11 is 0. The Morgan fingerprint density at radius 2 is 2.11 bits per heavy atom. The summed E-state index contributed by atoms with van der Waals surface area (Å²) in [6.07, 6.45) is 1.08. The third kappa shape index (κ3) is 4.43. The predicted molar refractivity (Wildman–Crippen MR) is 79.8 cm³/mol. The van der Waals surface area contributed by atoms with Gasteiger partial charge in [0, 0.05) is 18.8 Å². The highest BCUT2D eigenvalue weighted by atomic mass is 16.4. The average molecular weight is 261 g/mol. The second-order valence-electron chi connectivity index (χ2n) is 4.96. The van der Waals surface area contributed by atoms with Gasteiger partial charge in [-0.2, -0.15) is 0 Å². The van der Waals surface area contributed by atoms with Gasteiger partial charge in [0.05, 0.1) is 6.42 Å². The van der Waals surface area contributed by atoms with E-state index < -0.39 is 5.97 Å². The van der Waals surface area contributed by atoms with Gasteiger partial charge in [-0.1, -0.05) is 37.3 Å². The van der Waals surface area contributed by atoms with Crippen LogP contribution in [-0.2, 0) is 11.2 Å². The van der Waals surface area contributed by atoms with Crippen LogP contribution >= 0.6 is 0 Å². The van der Waals surface area contributed by atoms with E-state index in [1.807, 2.05) is 13.0 Å². The van der Waals surface area contributed by atoms with Gasteiger partial charge in [-0.25, -0.2) is 0 Å². The van der Waals surface area contributed by atoms with Crippen LogP contribution in [0.1, 0.15) is 31.4 Å². The molecule has 0 aliphatic heterocycles. The molecule has 1 aromatic rings. The molecule has 3 heteroatoms. The minimum absolute atomic E-state index is 0.144. The third-order valence-electron chi connectivity index (χ3n) is 3.07. The van der Waals surface area contributed by atoms with Crippen molar-refractivity contribution < 1.29 is 9.90 Å². The first-order valence-electron chi connectivity index (χ1n) is 6.65. The van der Waals surface area contributed by atoms with Gasteiger partial charge in [-0.3, -0.25) is 4.79 Å². The van der Waals surface area contributed by atoms with E-state index in [9.17, 15) is 4.79 Å². The van der Waals surface area contributed by atoms with Crippen molar-refractivity contribution in [1.82, 2.24) is 0 Å². The smallest absolute Gasteiger partial charge is 0.305 e. The number of para-hydroxylation sites is 1. The van der Waals surface area contributed by atoms with Crippen molar-refractivity contribution in [3.63, 3.8) is 0 Å². The van der Waals surface area contributed by atoms with E-state index >= 15 is 0 Å². The van der Waals surface area contributed by atoms with Crippen LogP contribution in [0.15, 0.2) is 30.4 Å². The Balaban J connectivity index is 3.08. The Kier molecular flexibility index (Phi) is 5.61. The SMILES string of the molecule is C=C(C)CN(CCC(=O)O)c1c(C)cccc1CC. The Morgan fingerprint density at radius 1 is 1.42 bits per heavy atom. The fourth-order valence-corrected chi connectivity index (χ4v) is 2.28. The Bertz CT molecular complexity index is 466. The summed E-state index contributed by atoms with van der Waals surface area (Å²) in [6.45, 7) is 11.3. The second-order valence-corrected chi connectivity index (χ2v) is 4.96. The van der Waals surface area contributed by atoms with Gasteiger partial charge in [-0.05, 0) is 31.4 Å². The molecule has 0 aliphatic carbocycles. The molecule has 0 saturated carbocycles. The molecule has 0 amide bonds. The van der Waals surface area contributed by atoms with E-state index in [4.69, 9.17) is 5.11 Å². The molecule has 0 radical (unpaired) electrons. The van der Waals surface area contributed by atoms with Gasteiger partial charge in [0.1, 0.15) is 0 Å². The molecular weight excluding hydrogens is 238 g/mol. The monoisotopic (exact) mass is 261 g/mol. The minimum Gasteiger partial charge on any atom is -0.481 e. The highest BCUT2D eigenvalue weighted by Gasteiger charge is 2.14. The van der Waals surface area contributed by atoms with Crippen LogP contribution in [0.25, 0.3) is 0 Å². The van der Waals surface area contributed by atoms with Gasteiger partial charge < -0.3 is 10.0 Å². The van der Waals surface area contributed by atoms with E-state index in [0.29, 0.717) is 13.1 Å². The van der Waals surface area contributed by atoms with E-state index in [2.05, 4.69) is 37.5 Å². The Morgan fingerprint density at radius 3 is 2.63 bits per heavy atom. The highest BCUT2D eigenvalue weighted by molar-refractivity contribution is 5.68. The quantitative estimate of drug-likeness (QED) is 0.765. The number of carboxylic acids is 1. The van der Waals surface area contributed by atoms with Crippen molar-refractivity contribution in [2.24, 2.45) is 0 Å². The van der Waals surface area contributed by atoms with Crippen LogP contribution in [-0.4, -0.2) is 24.2 Å². The Labute approximate surface area is 115 Å². The van der Waals surface area contributed by atoms with Crippen molar-refractivity contribution in [3.8, 4) is 0 Å². The molecule has 0 heterocycles. The van der Waals surface area contributed by atoms with Crippen LogP contribution in [0.4, 0.5) is 5.69 Å². The fourth-order valence-electron chi connectivity index (χ4n) is 2.28. The largest absolute Gasteiger partial charge is 0.481 e. The van der Waals surface area contributed by atoms with Gasteiger partial charge in [0.2, 0.25) is 0 Å². The molecule has 0 unspecified atom stereocenters. The summed E-state index contributed by atoms with van der Waals surface area (Å²) in [4.78, 5) is 12.9. The molecule has 1 aromatic carbocycles. The normalized spacial score (nSPS) is 10.3. The van der Waals surface area contributed by atoms with E-state index in [-0.39, 0.29) is 6.42 Å². The molecule has 0 aromatic heterocycles. The average Bonchev–Trinajstić information content (AvgIpc) is 2.33. The lowest BCUT2D eigenvalue weighted by atomic mass is 10.0. The topological polar surface area (TPSA) is 40.5 Å². The van der Waals surface area contributed by atoms with Crippen LogP contribution in [0.5, 0.6) is 0 Å². The number of hydrogen-bond acceptors (Lipinski definition) is 2. The second kappa shape index (κ2) is 6.98. The van der Waals surface area contributed by atoms with Crippen molar-refractivity contribution >= 4 is 11.7 Å². The number of nitrogens with zero attached hydrogens (tertiary/aromatic N) is 1. The van der Waals surface area contributed by atoms with E-state index in [1.165, 1.54) is 11.1 Å². The van der Waals surface area contributed by atoms with Crippen molar-refractivity contribution in [1.29, 1.82) is 0 Å². The van der Waals surface area contributed by atoms with E-state index in [1.54, 1.807) is 0 Å². The number of anilines is 1. The van der Waals surface area contributed by atoms with Gasteiger partial charge >= 0.3 is 5.97 Å². The van der Waals surface area contributed by atoms with Crippen molar-refractivity contribution in [3.05, 3.63) is 41.5 Å². The first-order chi connectivity index (χ1) is 8.95. The van der Waals surface area contributed by atoms with Gasteiger partial charge in [0.25, 0.3) is 0 Å². The molecule has 0 saturated heterocycles. The number of carboxylic acid groups (broad SMARTS) is 1. The maximum absolute atomic E-state index is 10.8. The maximum atomic E-state index is 10.8. The summed E-state index contributed by atoms with van der Waals surface area (Å²) < 4.78 is 0. The summed E-state index contributed by atoms with van der Waals surface area (Å²) in [6, 6.07) is 6.23. The summed E-state index contributed by atoms with van der Waals surface area (Å²) in [5.74, 6) is -0.765. The molecule has 19 heavy (non-hydrogen) atoms. The van der Waals surface area contributed by atoms with Crippen LogP contribution < -0.4 is 4.90 Å². The zero-order valence-corrected chi connectivity index (χ0v) is 12.1. The summed E-state index contributed by atoms with van der Waals surface area (Å²) in [5.41, 5.74) is 4.64. The number of aryl methyl sites for hydroxylation is 2. The van der Waals surface area contributed by atoms with Crippen LogP contribution in [0, 0.1) is 6.92 Å². The van der Waals surface area contributed by atoms with Crippen molar-refractivity contribution in [2.75, 3.05) is 18.0 Å². The standard InChI is InChI=1S/C16H23NO2/c1-5-14-8-6-7-13(4)16(14)17(11-12(2)3)10-9-15(18)19/h6-8H,2,5,9-11H2,1,3-4H3,(H,18,19).